The highest BCUT2D eigenvalue weighted by Crippen LogP contribution is 2.15. The quantitative estimate of drug-likeness (QED) is 0.704. The standard InChI is InChI=1S/C21H20ClN3O2/c1-24(15-20(26)23-18-10-5-9-17(22)13-18)21(27)19-11-6-12-25(19)14-16-7-3-2-4-8-16/h2-13H,14-15H2,1H3,(H,23,26). The highest BCUT2D eigenvalue weighted by Gasteiger charge is 2.18. The molecule has 0 aliphatic rings. The van der Waals surface area contributed by atoms with Crippen LogP contribution in [0.3, 0.4) is 0 Å². The number of hydrogen-bond acceptors (Lipinski definition) is 2. The fourth-order valence-corrected chi connectivity index (χ4v) is 2.97. The minimum Gasteiger partial charge on any atom is -0.339 e. The molecule has 2 amide bonds. The van der Waals surface area contributed by atoms with Crippen molar-refractivity contribution in [1.29, 1.82) is 0 Å². The Morgan fingerprint density at radius 1 is 1.04 bits per heavy atom. The highest BCUT2D eigenvalue weighted by molar-refractivity contribution is 6.30. The molecule has 3 rings (SSSR count). The average Bonchev–Trinajstić information content (AvgIpc) is 3.09. The first kappa shape index (κ1) is 18.7. The van der Waals surface area contributed by atoms with Crippen LogP contribution in [-0.4, -0.2) is 34.9 Å². The van der Waals surface area contributed by atoms with Crippen LogP contribution in [0.4, 0.5) is 5.69 Å². The van der Waals surface area contributed by atoms with Crippen LogP contribution in [0, 0.1) is 0 Å². The SMILES string of the molecule is CN(CC(=O)Nc1cccc(Cl)c1)C(=O)c1cccn1Cc1ccccc1. The summed E-state index contributed by atoms with van der Waals surface area (Å²) in [6.07, 6.45) is 1.86. The maximum absolute atomic E-state index is 12.8. The molecule has 0 fully saturated rings. The Labute approximate surface area is 163 Å². The Balaban J connectivity index is 1.64. The van der Waals surface area contributed by atoms with Crippen molar-refractivity contribution in [2.24, 2.45) is 0 Å². The average molecular weight is 382 g/mol. The lowest BCUT2D eigenvalue weighted by molar-refractivity contribution is -0.116. The van der Waals surface area contributed by atoms with Crippen LogP contribution in [0.2, 0.25) is 5.02 Å². The minimum absolute atomic E-state index is 0.0537. The number of likely N-dealkylation sites (N-methyl/N-ethyl adjacent to an activating group) is 1. The van der Waals surface area contributed by atoms with E-state index in [4.69, 9.17) is 11.6 Å². The van der Waals surface area contributed by atoms with Crippen molar-refractivity contribution < 1.29 is 9.59 Å². The summed E-state index contributed by atoms with van der Waals surface area (Å²) in [4.78, 5) is 26.4. The van der Waals surface area contributed by atoms with Crippen LogP contribution in [0.5, 0.6) is 0 Å². The second kappa shape index (κ2) is 8.56. The molecule has 0 aliphatic heterocycles. The zero-order valence-corrected chi connectivity index (χ0v) is 15.7. The zero-order chi connectivity index (χ0) is 19.2. The second-order valence-corrected chi connectivity index (χ2v) is 6.66. The lowest BCUT2D eigenvalue weighted by Crippen LogP contribution is -2.36. The summed E-state index contributed by atoms with van der Waals surface area (Å²) < 4.78 is 1.88. The molecule has 1 aromatic heterocycles. The van der Waals surface area contributed by atoms with E-state index in [2.05, 4.69) is 5.32 Å². The smallest absolute Gasteiger partial charge is 0.270 e. The highest BCUT2D eigenvalue weighted by atomic mass is 35.5. The monoisotopic (exact) mass is 381 g/mol. The molecule has 0 atom stereocenters. The van der Waals surface area contributed by atoms with E-state index in [0.717, 1.165) is 5.56 Å². The number of aromatic nitrogens is 1. The van der Waals surface area contributed by atoms with Crippen LogP contribution in [-0.2, 0) is 11.3 Å². The van der Waals surface area contributed by atoms with Gasteiger partial charge in [-0.3, -0.25) is 9.59 Å². The molecular weight excluding hydrogens is 362 g/mol. The van der Waals surface area contributed by atoms with Crippen molar-refractivity contribution in [3.8, 4) is 0 Å². The molecule has 0 saturated heterocycles. The Kier molecular flexibility index (Phi) is 5.94. The van der Waals surface area contributed by atoms with Gasteiger partial charge < -0.3 is 14.8 Å². The lowest BCUT2D eigenvalue weighted by Gasteiger charge is -2.18. The zero-order valence-electron chi connectivity index (χ0n) is 14.9. The first-order valence-corrected chi connectivity index (χ1v) is 8.90. The molecule has 0 radical (unpaired) electrons. The van der Waals surface area contributed by atoms with Gasteiger partial charge in [-0.2, -0.15) is 0 Å². The molecule has 138 valence electrons. The van der Waals surface area contributed by atoms with E-state index in [1.807, 2.05) is 47.2 Å². The Hall–Kier alpha value is -3.05. The molecule has 0 bridgehead atoms. The number of benzene rings is 2. The van der Waals surface area contributed by atoms with Crippen LogP contribution >= 0.6 is 11.6 Å². The van der Waals surface area contributed by atoms with E-state index in [1.165, 1.54) is 4.90 Å². The van der Waals surface area contributed by atoms with Crippen molar-refractivity contribution in [2.45, 2.75) is 6.54 Å². The predicted octanol–water partition coefficient (Wildman–Crippen LogP) is 3.90. The predicted molar refractivity (Wildman–Crippen MR) is 107 cm³/mol. The maximum atomic E-state index is 12.8. The third kappa shape index (κ3) is 4.99. The molecule has 0 spiro atoms. The fourth-order valence-electron chi connectivity index (χ4n) is 2.78. The number of anilines is 1. The minimum atomic E-state index is -0.283. The molecule has 5 nitrogen and oxygen atoms in total. The molecule has 1 heterocycles. The van der Waals surface area contributed by atoms with Gasteiger partial charge in [-0.05, 0) is 35.9 Å². The van der Waals surface area contributed by atoms with Crippen molar-refractivity contribution >= 4 is 29.1 Å². The van der Waals surface area contributed by atoms with E-state index < -0.39 is 0 Å². The number of halogens is 1. The summed E-state index contributed by atoms with van der Waals surface area (Å²) in [5, 5.41) is 3.28. The van der Waals surface area contributed by atoms with Crippen molar-refractivity contribution in [3.63, 3.8) is 0 Å². The van der Waals surface area contributed by atoms with Crippen molar-refractivity contribution in [3.05, 3.63) is 89.2 Å². The molecule has 0 saturated carbocycles. The third-order valence-corrected chi connectivity index (χ3v) is 4.32. The van der Waals surface area contributed by atoms with E-state index >= 15 is 0 Å². The van der Waals surface area contributed by atoms with Crippen LogP contribution in [0.15, 0.2) is 72.9 Å². The summed E-state index contributed by atoms with van der Waals surface area (Å²) in [5.41, 5.74) is 2.24. The van der Waals surface area contributed by atoms with Gasteiger partial charge in [0, 0.05) is 30.5 Å². The number of carbonyl (C=O) groups excluding carboxylic acids is 2. The first-order valence-electron chi connectivity index (χ1n) is 8.53. The van der Waals surface area contributed by atoms with Gasteiger partial charge in [-0.25, -0.2) is 0 Å². The molecule has 2 aromatic carbocycles. The van der Waals surface area contributed by atoms with E-state index in [-0.39, 0.29) is 18.4 Å². The van der Waals surface area contributed by atoms with Gasteiger partial charge in [0.2, 0.25) is 5.91 Å². The molecule has 27 heavy (non-hydrogen) atoms. The molecule has 6 heteroatoms. The number of nitrogens with one attached hydrogen (secondary N) is 1. The van der Waals surface area contributed by atoms with Gasteiger partial charge >= 0.3 is 0 Å². The largest absolute Gasteiger partial charge is 0.339 e. The Morgan fingerprint density at radius 3 is 2.56 bits per heavy atom. The number of nitrogens with zero attached hydrogens (tertiary/aromatic N) is 2. The van der Waals surface area contributed by atoms with Crippen molar-refractivity contribution in [2.75, 3.05) is 18.9 Å². The molecule has 0 unspecified atom stereocenters. The van der Waals surface area contributed by atoms with E-state index in [1.54, 1.807) is 37.4 Å². The van der Waals surface area contributed by atoms with Gasteiger partial charge in [0.25, 0.3) is 5.91 Å². The summed E-state index contributed by atoms with van der Waals surface area (Å²) in [6.45, 7) is 0.541. The van der Waals surface area contributed by atoms with Gasteiger partial charge in [0.05, 0.1) is 6.54 Å². The third-order valence-electron chi connectivity index (χ3n) is 4.08. The number of hydrogen-bond donors (Lipinski definition) is 1. The number of carbonyl (C=O) groups is 2. The normalized spacial score (nSPS) is 10.4. The summed E-state index contributed by atoms with van der Waals surface area (Å²) >= 11 is 5.92. The van der Waals surface area contributed by atoms with Crippen LogP contribution in [0.25, 0.3) is 0 Å². The molecular formula is C21H20ClN3O2. The van der Waals surface area contributed by atoms with Crippen LogP contribution < -0.4 is 5.32 Å². The summed E-state index contributed by atoms with van der Waals surface area (Å²) in [6, 6.07) is 20.4. The molecule has 1 N–H and O–H groups in total. The number of amides is 2. The van der Waals surface area contributed by atoms with Gasteiger partial charge in [-0.1, -0.05) is 48.0 Å². The van der Waals surface area contributed by atoms with E-state index in [9.17, 15) is 9.59 Å². The fraction of sp³-hybridized carbons (Fsp3) is 0.143. The van der Waals surface area contributed by atoms with Gasteiger partial charge in [0.15, 0.2) is 0 Å². The van der Waals surface area contributed by atoms with Crippen molar-refractivity contribution in [1.82, 2.24) is 9.47 Å². The summed E-state index contributed by atoms with van der Waals surface area (Å²) in [7, 11) is 1.61. The molecule has 3 aromatic rings. The maximum Gasteiger partial charge on any atom is 0.270 e. The Morgan fingerprint density at radius 2 is 1.81 bits per heavy atom. The molecule has 0 aliphatic carbocycles. The Bertz CT molecular complexity index is 937. The lowest BCUT2D eigenvalue weighted by atomic mass is 10.2. The topological polar surface area (TPSA) is 54.3 Å². The first-order chi connectivity index (χ1) is 13.0. The van der Waals surface area contributed by atoms with Gasteiger partial charge in [0.1, 0.15) is 5.69 Å². The van der Waals surface area contributed by atoms with Crippen LogP contribution in [0.1, 0.15) is 16.1 Å². The van der Waals surface area contributed by atoms with E-state index in [0.29, 0.717) is 22.9 Å². The van der Waals surface area contributed by atoms with Gasteiger partial charge in [-0.15, -0.1) is 0 Å². The number of rotatable bonds is 6. The summed E-state index contributed by atoms with van der Waals surface area (Å²) in [5.74, 6) is -0.494. The second-order valence-electron chi connectivity index (χ2n) is 6.23.